The first kappa shape index (κ1) is 15.6. The number of ether oxygens (including phenoxy) is 2. The third kappa shape index (κ3) is 3.63. The molecule has 1 aromatic rings. The molecule has 0 aromatic heterocycles. The van der Waals surface area contributed by atoms with Gasteiger partial charge >= 0.3 is 0 Å². The summed E-state index contributed by atoms with van der Waals surface area (Å²) in [6, 6.07) is 3.80. The number of hydrogen-bond donors (Lipinski definition) is 2. The van der Waals surface area contributed by atoms with Crippen molar-refractivity contribution in [1.82, 2.24) is 4.90 Å². The van der Waals surface area contributed by atoms with Crippen molar-refractivity contribution in [3.05, 3.63) is 22.2 Å². The van der Waals surface area contributed by atoms with Gasteiger partial charge in [-0.1, -0.05) is 0 Å². The maximum atomic E-state index is 9.82. The first-order chi connectivity index (χ1) is 9.51. The number of halogens is 1. The Labute approximate surface area is 127 Å². The fourth-order valence-corrected chi connectivity index (χ4v) is 2.82. The van der Waals surface area contributed by atoms with E-state index >= 15 is 0 Å². The van der Waals surface area contributed by atoms with Gasteiger partial charge < -0.3 is 20.3 Å². The van der Waals surface area contributed by atoms with Gasteiger partial charge in [0.1, 0.15) is 0 Å². The van der Waals surface area contributed by atoms with Gasteiger partial charge in [-0.3, -0.25) is 4.90 Å². The Morgan fingerprint density at radius 2 is 2.35 bits per heavy atom. The number of hydrogen-bond acceptors (Lipinski definition) is 5. The fraction of sp³-hybridized carbons (Fsp3) is 0.571. The largest absolute Gasteiger partial charge is 0.503 e. The van der Waals surface area contributed by atoms with Gasteiger partial charge in [0.25, 0.3) is 0 Å². The standard InChI is InChI=1S/C14H21BrN2O3/c1-9(16)13-8-17(3-4-20-13)7-10-5-11(15)14(18)12(6-10)19-2/h5-6,9,13,18H,3-4,7-8,16H2,1-2H3. The van der Waals surface area contributed by atoms with Gasteiger partial charge in [0, 0.05) is 25.7 Å². The molecule has 1 heterocycles. The quantitative estimate of drug-likeness (QED) is 0.870. The van der Waals surface area contributed by atoms with Crippen LogP contribution in [-0.2, 0) is 11.3 Å². The van der Waals surface area contributed by atoms with E-state index in [1.807, 2.05) is 19.1 Å². The molecule has 1 saturated heterocycles. The van der Waals surface area contributed by atoms with Crippen molar-refractivity contribution < 1.29 is 14.6 Å². The SMILES string of the molecule is COc1cc(CN2CCOC(C(C)N)C2)cc(Br)c1O. The second kappa shape index (κ2) is 6.76. The molecule has 0 saturated carbocycles. The first-order valence-corrected chi connectivity index (χ1v) is 7.45. The minimum absolute atomic E-state index is 0.0268. The zero-order valence-electron chi connectivity index (χ0n) is 11.8. The van der Waals surface area contributed by atoms with Gasteiger partial charge in [0.2, 0.25) is 0 Å². The van der Waals surface area contributed by atoms with Crippen molar-refractivity contribution in [2.75, 3.05) is 26.8 Å². The molecule has 1 aliphatic heterocycles. The Hall–Kier alpha value is -0.820. The van der Waals surface area contributed by atoms with E-state index in [0.717, 1.165) is 25.2 Å². The van der Waals surface area contributed by atoms with E-state index in [9.17, 15) is 5.11 Å². The number of nitrogens with zero attached hydrogens (tertiary/aromatic N) is 1. The van der Waals surface area contributed by atoms with Crippen LogP contribution in [0.15, 0.2) is 16.6 Å². The van der Waals surface area contributed by atoms with E-state index in [4.69, 9.17) is 15.2 Å². The summed E-state index contributed by atoms with van der Waals surface area (Å²) >= 11 is 3.34. The average Bonchev–Trinajstić information content (AvgIpc) is 2.43. The molecule has 112 valence electrons. The van der Waals surface area contributed by atoms with Crippen LogP contribution in [0, 0.1) is 0 Å². The number of morpholine rings is 1. The van der Waals surface area contributed by atoms with Crippen molar-refractivity contribution >= 4 is 15.9 Å². The molecule has 1 fully saturated rings. The lowest BCUT2D eigenvalue weighted by Crippen LogP contribution is -2.49. The van der Waals surface area contributed by atoms with Crippen molar-refractivity contribution in [2.45, 2.75) is 25.6 Å². The second-order valence-corrected chi connectivity index (χ2v) is 5.99. The molecule has 3 N–H and O–H groups in total. The van der Waals surface area contributed by atoms with Crippen LogP contribution in [0.2, 0.25) is 0 Å². The number of phenols is 1. The predicted octanol–water partition coefficient (Wildman–Crippen LogP) is 1.71. The molecule has 0 amide bonds. The molecular formula is C14H21BrN2O3. The summed E-state index contributed by atoms with van der Waals surface area (Å²) < 4.78 is 11.5. The van der Waals surface area contributed by atoms with E-state index in [0.29, 0.717) is 16.8 Å². The highest BCUT2D eigenvalue weighted by Crippen LogP contribution is 2.35. The summed E-state index contributed by atoms with van der Waals surface area (Å²) in [5, 5.41) is 9.82. The van der Waals surface area contributed by atoms with E-state index < -0.39 is 0 Å². The Bertz CT molecular complexity index is 468. The zero-order chi connectivity index (χ0) is 14.7. The van der Waals surface area contributed by atoms with Crippen molar-refractivity contribution in [3.63, 3.8) is 0 Å². The number of rotatable bonds is 4. The molecule has 2 atom stereocenters. The van der Waals surface area contributed by atoms with E-state index in [1.54, 1.807) is 7.11 Å². The molecule has 20 heavy (non-hydrogen) atoms. The van der Waals surface area contributed by atoms with Crippen LogP contribution < -0.4 is 10.5 Å². The maximum Gasteiger partial charge on any atom is 0.172 e. The predicted molar refractivity (Wildman–Crippen MR) is 81.0 cm³/mol. The normalized spacial score (nSPS) is 21.7. The number of methoxy groups -OCH3 is 1. The fourth-order valence-electron chi connectivity index (χ4n) is 2.33. The Morgan fingerprint density at radius 1 is 1.60 bits per heavy atom. The molecule has 1 aromatic carbocycles. The molecule has 0 radical (unpaired) electrons. The molecule has 6 heteroatoms. The number of benzene rings is 1. The maximum absolute atomic E-state index is 9.82. The molecule has 0 bridgehead atoms. The molecule has 1 aliphatic rings. The van der Waals surface area contributed by atoms with Gasteiger partial charge in [-0.2, -0.15) is 0 Å². The monoisotopic (exact) mass is 344 g/mol. The third-order valence-electron chi connectivity index (χ3n) is 3.48. The summed E-state index contributed by atoms with van der Waals surface area (Å²) in [5.74, 6) is 0.609. The summed E-state index contributed by atoms with van der Waals surface area (Å²) in [6.45, 7) is 5.14. The highest BCUT2D eigenvalue weighted by Gasteiger charge is 2.23. The highest BCUT2D eigenvalue weighted by molar-refractivity contribution is 9.10. The molecule has 5 nitrogen and oxygen atoms in total. The van der Waals surface area contributed by atoms with Crippen LogP contribution in [-0.4, -0.2) is 49.0 Å². The van der Waals surface area contributed by atoms with Crippen LogP contribution >= 0.6 is 15.9 Å². The van der Waals surface area contributed by atoms with Gasteiger partial charge in [-0.15, -0.1) is 0 Å². The molecular weight excluding hydrogens is 324 g/mol. The van der Waals surface area contributed by atoms with Crippen molar-refractivity contribution in [3.8, 4) is 11.5 Å². The zero-order valence-corrected chi connectivity index (χ0v) is 13.4. The Balaban J connectivity index is 2.08. The minimum atomic E-state index is 0.0268. The Kier molecular flexibility index (Phi) is 5.26. The van der Waals surface area contributed by atoms with Crippen molar-refractivity contribution in [2.24, 2.45) is 5.73 Å². The number of phenolic OH excluding ortho intramolecular Hbond substituents is 1. The van der Waals surface area contributed by atoms with Gasteiger partial charge in [-0.25, -0.2) is 0 Å². The van der Waals surface area contributed by atoms with Crippen LogP contribution in [0.25, 0.3) is 0 Å². The van der Waals surface area contributed by atoms with E-state index in [2.05, 4.69) is 20.8 Å². The number of aromatic hydroxyl groups is 1. The topological polar surface area (TPSA) is 68.0 Å². The van der Waals surface area contributed by atoms with Crippen LogP contribution in [0.1, 0.15) is 12.5 Å². The molecule has 0 spiro atoms. The molecule has 2 rings (SSSR count). The van der Waals surface area contributed by atoms with E-state index in [-0.39, 0.29) is 17.9 Å². The second-order valence-electron chi connectivity index (χ2n) is 5.13. The summed E-state index contributed by atoms with van der Waals surface area (Å²) in [7, 11) is 1.55. The van der Waals surface area contributed by atoms with Gasteiger partial charge in [0.05, 0.1) is 24.3 Å². The average molecular weight is 345 g/mol. The molecule has 0 aliphatic carbocycles. The van der Waals surface area contributed by atoms with Gasteiger partial charge in [-0.05, 0) is 40.5 Å². The lowest BCUT2D eigenvalue weighted by Gasteiger charge is -2.34. The summed E-state index contributed by atoms with van der Waals surface area (Å²) in [4.78, 5) is 2.30. The Morgan fingerprint density at radius 3 is 3.00 bits per heavy atom. The van der Waals surface area contributed by atoms with Crippen LogP contribution in [0.4, 0.5) is 0 Å². The highest BCUT2D eigenvalue weighted by atomic mass is 79.9. The van der Waals surface area contributed by atoms with Crippen LogP contribution in [0.3, 0.4) is 0 Å². The van der Waals surface area contributed by atoms with Crippen molar-refractivity contribution in [1.29, 1.82) is 0 Å². The minimum Gasteiger partial charge on any atom is -0.503 e. The third-order valence-corrected chi connectivity index (χ3v) is 4.08. The van der Waals surface area contributed by atoms with Crippen LogP contribution in [0.5, 0.6) is 11.5 Å². The first-order valence-electron chi connectivity index (χ1n) is 6.66. The van der Waals surface area contributed by atoms with Gasteiger partial charge in [0.15, 0.2) is 11.5 Å². The lowest BCUT2D eigenvalue weighted by atomic mass is 10.1. The number of nitrogens with two attached hydrogens (primary N) is 1. The lowest BCUT2D eigenvalue weighted by molar-refractivity contribution is -0.0403. The smallest absolute Gasteiger partial charge is 0.172 e. The summed E-state index contributed by atoms with van der Waals surface area (Å²) in [5.41, 5.74) is 6.98. The van der Waals surface area contributed by atoms with E-state index in [1.165, 1.54) is 0 Å². The summed E-state index contributed by atoms with van der Waals surface area (Å²) in [6.07, 6.45) is 0.0752. The molecule has 2 unspecified atom stereocenters.